The number of ether oxygens (including phenoxy) is 1. The summed E-state index contributed by atoms with van der Waals surface area (Å²) in [5, 5.41) is 9.60. The van der Waals surface area contributed by atoms with Gasteiger partial charge >= 0.3 is 0 Å². The highest BCUT2D eigenvalue weighted by atomic mass is 79.9. The highest BCUT2D eigenvalue weighted by Gasteiger charge is 2.18. The zero-order valence-corrected chi connectivity index (χ0v) is 15.5. The Morgan fingerprint density at radius 2 is 1.84 bits per heavy atom. The Morgan fingerprint density at radius 3 is 2.48 bits per heavy atom. The third-order valence-electron chi connectivity index (χ3n) is 4.06. The fraction of sp³-hybridized carbons (Fsp3) is 0.100. The lowest BCUT2D eigenvalue weighted by atomic mass is 9.93. The lowest BCUT2D eigenvalue weighted by Crippen LogP contribution is -2.03. The number of pyridine rings is 1. The number of anilines is 1. The van der Waals surface area contributed by atoms with Gasteiger partial charge in [0.2, 0.25) is 0 Å². The summed E-state index contributed by atoms with van der Waals surface area (Å²) >= 11 is 3.44. The van der Waals surface area contributed by atoms with Gasteiger partial charge < -0.3 is 10.5 Å². The number of nitrogens with zero attached hydrogens (tertiary/aromatic N) is 2. The zero-order chi connectivity index (χ0) is 18.0. The van der Waals surface area contributed by atoms with E-state index < -0.39 is 0 Å². The second-order valence-corrected chi connectivity index (χ2v) is 6.49. The van der Waals surface area contributed by atoms with Gasteiger partial charge in [0.05, 0.1) is 12.8 Å². The molecule has 0 aliphatic carbocycles. The Bertz CT molecular complexity index is 975. The highest BCUT2D eigenvalue weighted by molar-refractivity contribution is 9.10. The summed E-state index contributed by atoms with van der Waals surface area (Å²) in [6.07, 6.45) is 0. The molecule has 2 aromatic carbocycles. The molecule has 0 saturated carbocycles. The number of hydrogen-bond acceptors (Lipinski definition) is 4. The van der Waals surface area contributed by atoms with Crippen LogP contribution in [-0.4, -0.2) is 12.1 Å². The second-order valence-electron chi connectivity index (χ2n) is 5.57. The third-order valence-corrected chi connectivity index (χ3v) is 4.59. The van der Waals surface area contributed by atoms with Crippen LogP contribution >= 0.6 is 15.9 Å². The molecule has 1 heterocycles. The van der Waals surface area contributed by atoms with E-state index in [1.807, 2.05) is 55.5 Å². The summed E-state index contributed by atoms with van der Waals surface area (Å²) in [4.78, 5) is 4.48. The SMILES string of the molecule is COc1cccc(-c2c(C)c(-c3ccc(Br)cc3)nc(N)c2C#N)c1. The van der Waals surface area contributed by atoms with Crippen LogP contribution in [0.2, 0.25) is 0 Å². The Morgan fingerprint density at radius 1 is 1.12 bits per heavy atom. The van der Waals surface area contributed by atoms with E-state index in [4.69, 9.17) is 10.5 Å². The van der Waals surface area contributed by atoms with E-state index in [1.54, 1.807) is 7.11 Å². The first-order chi connectivity index (χ1) is 12.0. The van der Waals surface area contributed by atoms with E-state index in [2.05, 4.69) is 27.0 Å². The van der Waals surface area contributed by atoms with Crippen LogP contribution in [0.25, 0.3) is 22.4 Å². The first kappa shape index (κ1) is 17.0. The number of methoxy groups -OCH3 is 1. The van der Waals surface area contributed by atoms with Crippen molar-refractivity contribution >= 4 is 21.7 Å². The number of nitrogens with two attached hydrogens (primary N) is 1. The van der Waals surface area contributed by atoms with Gasteiger partial charge in [0.15, 0.2) is 0 Å². The maximum absolute atomic E-state index is 9.60. The maximum Gasteiger partial charge on any atom is 0.142 e. The van der Waals surface area contributed by atoms with Gasteiger partial charge in [-0.05, 0) is 42.3 Å². The quantitative estimate of drug-likeness (QED) is 0.682. The van der Waals surface area contributed by atoms with E-state index in [-0.39, 0.29) is 5.82 Å². The summed E-state index contributed by atoms with van der Waals surface area (Å²) in [6, 6.07) is 17.6. The molecule has 0 aliphatic rings. The molecule has 0 atom stereocenters. The second kappa shape index (κ2) is 6.96. The van der Waals surface area contributed by atoms with E-state index in [1.165, 1.54) is 0 Å². The van der Waals surface area contributed by atoms with Gasteiger partial charge in [-0.3, -0.25) is 0 Å². The average molecular weight is 394 g/mol. The molecule has 0 fully saturated rings. The molecule has 124 valence electrons. The zero-order valence-electron chi connectivity index (χ0n) is 13.9. The van der Waals surface area contributed by atoms with Crippen molar-refractivity contribution in [3.8, 4) is 34.2 Å². The minimum atomic E-state index is 0.226. The lowest BCUT2D eigenvalue weighted by molar-refractivity contribution is 0.415. The predicted octanol–water partition coefficient (Wildman–Crippen LogP) is 4.95. The van der Waals surface area contributed by atoms with Crippen LogP contribution in [0.5, 0.6) is 5.75 Å². The van der Waals surface area contributed by atoms with Crippen molar-refractivity contribution < 1.29 is 4.74 Å². The smallest absolute Gasteiger partial charge is 0.142 e. The fourth-order valence-corrected chi connectivity index (χ4v) is 3.10. The maximum atomic E-state index is 9.60. The molecule has 2 N–H and O–H groups in total. The molecular formula is C20H16BrN3O. The molecule has 0 spiro atoms. The first-order valence-electron chi connectivity index (χ1n) is 7.65. The number of nitrogen functional groups attached to an aromatic ring is 1. The van der Waals surface area contributed by atoms with Crippen molar-refractivity contribution in [3.05, 3.63) is 64.1 Å². The normalized spacial score (nSPS) is 10.3. The van der Waals surface area contributed by atoms with Gasteiger partial charge in [-0.2, -0.15) is 5.26 Å². The number of aromatic nitrogens is 1. The van der Waals surface area contributed by atoms with Crippen LogP contribution in [0.3, 0.4) is 0 Å². The Hall–Kier alpha value is -2.84. The largest absolute Gasteiger partial charge is 0.497 e. The topological polar surface area (TPSA) is 71.9 Å². The van der Waals surface area contributed by atoms with E-state index in [0.717, 1.165) is 38.2 Å². The monoisotopic (exact) mass is 393 g/mol. The summed E-state index contributed by atoms with van der Waals surface area (Å²) in [5.41, 5.74) is 10.8. The molecule has 0 aliphatic heterocycles. The molecule has 0 bridgehead atoms. The number of benzene rings is 2. The Labute approximate surface area is 155 Å². The van der Waals surface area contributed by atoms with Gasteiger partial charge in [-0.1, -0.05) is 40.2 Å². The Kier molecular flexibility index (Phi) is 4.73. The minimum absolute atomic E-state index is 0.226. The average Bonchev–Trinajstić information content (AvgIpc) is 2.63. The summed E-state index contributed by atoms with van der Waals surface area (Å²) in [7, 11) is 1.62. The van der Waals surface area contributed by atoms with Gasteiger partial charge in [0.25, 0.3) is 0 Å². The molecule has 3 aromatic rings. The molecule has 3 rings (SSSR count). The van der Waals surface area contributed by atoms with Crippen LogP contribution in [0.4, 0.5) is 5.82 Å². The molecule has 0 radical (unpaired) electrons. The fourth-order valence-electron chi connectivity index (χ4n) is 2.84. The molecule has 0 unspecified atom stereocenters. The van der Waals surface area contributed by atoms with Gasteiger partial charge in [0, 0.05) is 15.6 Å². The van der Waals surface area contributed by atoms with Crippen molar-refractivity contribution in [3.63, 3.8) is 0 Å². The summed E-state index contributed by atoms with van der Waals surface area (Å²) < 4.78 is 6.30. The van der Waals surface area contributed by atoms with Crippen LogP contribution < -0.4 is 10.5 Å². The van der Waals surface area contributed by atoms with Gasteiger partial charge in [0.1, 0.15) is 23.2 Å². The van der Waals surface area contributed by atoms with Crippen molar-refractivity contribution in [2.24, 2.45) is 0 Å². The lowest BCUT2D eigenvalue weighted by Gasteiger charge is -2.15. The highest BCUT2D eigenvalue weighted by Crippen LogP contribution is 2.37. The molecule has 25 heavy (non-hydrogen) atoms. The molecule has 0 saturated heterocycles. The standard InChI is InChI=1S/C20H16BrN3O/c1-12-18(14-4-3-5-16(10-14)25-2)17(11-22)20(23)24-19(12)13-6-8-15(21)9-7-13/h3-10H,1-2H3,(H2,23,24). The van der Waals surface area contributed by atoms with Gasteiger partial charge in [-0.25, -0.2) is 4.98 Å². The number of nitriles is 1. The van der Waals surface area contributed by atoms with Crippen molar-refractivity contribution in [2.45, 2.75) is 6.92 Å². The first-order valence-corrected chi connectivity index (χ1v) is 8.45. The number of hydrogen-bond donors (Lipinski definition) is 1. The minimum Gasteiger partial charge on any atom is -0.497 e. The van der Waals surface area contributed by atoms with Crippen molar-refractivity contribution in [2.75, 3.05) is 12.8 Å². The van der Waals surface area contributed by atoms with Gasteiger partial charge in [-0.15, -0.1) is 0 Å². The van der Waals surface area contributed by atoms with Crippen LogP contribution in [0, 0.1) is 18.3 Å². The molecule has 4 nitrogen and oxygen atoms in total. The van der Waals surface area contributed by atoms with Crippen LogP contribution in [0.15, 0.2) is 53.0 Å². The van der Waals surface area contributed by atoms with Crippen LogP contribution in [0.1, 0.15) is 11.1 Å². The molecular weight excluding hydrogens is 378 g/mol. The van der Waals surface area contributed by atoms with E-state index >= 15 is 0 Å². The van der Waals surface area contributed by atoms with Crippen LogP contribution in [-0.2, 0) is 0 Å². The number of rotatable bonds is 3. The number of halogens is 1. The molecule has 1 aromatic heterocycles. The summed E-state index contributed by atoms with van der Waals surface area (Å²) in [6.45, 7) is 1.96. The van der Waals surface area contributed by atoms with E-state index in [9.17, 15) is 5.26 Å². The van der Waals surface area contributed by atoms with Crippen molar-refractivity contribution in [1.29, 1.82) is 5.26 Å². The summed E-state index contributed by atoms with van der Waals surface area (Å²) in [5.74, 6) is 0.949. The molecule has 0 amide bonds. The van der Waals surface area contributed by atoms with E-state index in [0.29, 0.717) is 5.56 Å². The predicted molar refractivity (Wildman–Crippen MR) is 103 cm³/mol. The van der Waals surface area contributed by atoms with Crippen molar-refractivity contribution in [1.82, 2.24) is 4.98 Å². The molecule has 5 heteroatoms. The Balaban J connectivity index is 2.30. The third kappa shape index (κ3) is 3.21.